The summed E-state index contributed by atoms with van der Waals surface area (Å²) in [6, 6.07) is 5.22. The van der Waals surface area contributed by atoms with E-state index in [9.17, 15) is 4.79 Å². The molecule has 0 bridgehead atoms. The molecule has 0 fully saturated rings. The molecule has 0 aliphatic rings. The first kappa shape index (κ1) is 15.6. The molecule has 0 saturated carbocycles. The topological polar surface area (TPSA) is 46.9 Å². The highest BCUT2D eigenvalue weighted by molar-refractivity contribution is 6.42. The Morgan fingerprint density at radius 2 is 2.19 bits per heavy atom. The third-order valence-electron chi connectivity index (χ3n) is 2.82. The van der Waals surface area contributed by atoms with Crippen LogP contribution in [0.5, 0.6) is 0 Å². The summed E-state index contributed by atoms with van der Waals surface area (Å²) in [5.41, 5.74) is 0.831. The molecule has 6 heteroatoms. The number of carbonyl (C=O) groups excluding carboxylic acids is 1. The highest BCUT2D eigenvalue weighted by Crippen LogP contribution is 2.22. The summed E-state index contributed by atoms with van der Waals surface area (Å²) in [6.07, 6.45) is 9.42. The summed E-state index contributed by atoms with van der Waals surface area (Å²) in [4.78, 5) is 15.6. The van der Waals surface area contributed by atoms with E-state index in [2.05, 4.69) is 10.3 Å². The van der Waals surface area contributed by atoms with Crippen molar-refractivity contribution in [1.29, 1.82) is 0 Å². The largest absolute Gasteiger partial charge is 0.352 e. The number of hydrogen-bond acceptors (Lipinski definition) is 2. The molecular formula is C15H15Cl2N3O. The summed E-state index contributed by atoms with van der Waals surface area (Å²) in [7, 11) is 0. The summed E-state index contributed by atoms with van der Waals surface area (Å²) in [6.45, 7) is 1.44. The first-order chi connectivity index (χ1) is 10.1. The number of benzene rings is 1. The Kier molecular flexibility index (Phi) is 5.84. The lowest BCUT2D eigenvalue weighted by atomic mass is 10.2. The minimum absolute atomic E-state index is 0.133. The number of halogens is 2. The van der Waals surface area contributed by atoms with Crippen molar-refractivity contribution in [2.24, 2.45) is 0 Å². The Hall–Kier alpha value is -1.78. The fourth-order valence-electron chi connectivity index (χ4n) is 1.74. The molecule has 0 radical (unpaired) electrons. The van der Waals surface area contributed by atoms with E-state index in [0.29, 0.717) is 16.6 Å². The van der Waals surface area contributed by atoms with E-state index in [4.69, 9.17) is 23.2 Å². The first-order valence-electron chi connectivity index (χ1n) is 6.52. The van der Waals surface area contributed by atoms with E-state index in [1.54, 1.807) is 36.8 Å². The van der Waals surface area contributed by atoms with Crippen molar-refractivity contribution in [2.45, 2.75) is 13.0 Å². The number of aromatic nitrogens is 2. The van der Waals surface area contributed by atoms with Gasteiger partial charge in [-0.2, -0.15) is 0 Å². The normalized spacial score (nSPS) is 11.0. The van der Waals surface area contributed by atoms with Crippen molar-refractivity contribution in [3.8, 4) is 0 Å². The second-order valence-electron chi connectivity index (χ2n) is 4.45. The molecule has 0 saturated heterocycles. The number of nitrogens with zero attached hydrogens (tertiary/aromatic N) is 2. The highest BCUT2D eigenvalue weighted by Gasteiger charge is 1.98. The second-order valence-corrected chi connectivity index (χ2v) is 5.27. The van der Waals surface area contributed by atoms with E-state index in [0.717, 1.165) is 18.5 Å². The lowest BCUT2D eigenvalue weighted by molar-refractivity contribution is -0.116. The fraction of sp³-hybridized carbons (Fsp3) is 0.200. The Morgan fingerprint density at radius 1 is 1.33 bits per heavy atom. The van der Waals surface area contributed by atoms with Crippen molar-refractivity contribution in [3.05, 3.63) is 58.6 Å². The van der Waals surface area contributed by atoms with Crippen molar-refractivity contribution >= 4 is 35.2 Å². The van der Waals surface area contributed by atoms with Crippen LogP contribution in [0.3, 0.4) is 0 Å². The van der Waals surface area contributed by atoms with Crippen LogP contribution in [-0.2, 0) is 11.3 Å². The summed E-state index contributed by atoms with van der Waals surface area (Å²) >= 11 is 11.7. The SMILES string of the molecule is O=C(/C=C/c1ccc(Cl)c(Cl)c1)NCCCn1ccnc1. The Balaban J connectivity index is 1.73. The van der Waals surface area contributed by atoms with Crippen LogP contribution in [0.15, 0.2) is 43.0 Å². The molecule has 1 heterocycles. The Morgan fingerprint density at radius 3 is 2.90 bits per heavy atom. The van der Waals surface area contributed by atoms with Crippen LogP contribution < -0.4 is 5.32 Å². The number of hydrogen-bond donors (Lipinski definition) is 1. The number of nitrogens with one attached hydrogen (secondary N) is 1. The number of rotatable bonds is 6. The van der Waals surface area contributed by atoms with Crippen molar-refractivity contribution in [2.75, 3.05) is 6.54 Å². The van der Waals surface area contributed by atoms with E-state index in [-0.39, 0.29) is 5.91 Å². The van der Waals surface area contributed by atoms with Gasteiger partial charge in [-0.3, -0.25) is 4.79 Å². The third-order valence-corrected chi connectivity index (χ3v) is 3.56. The minimum atomic E-state index is -0.133. The van der Waals surface area contributed by atoms with E-state index in [1.807, 2.05) is 10.8 Å². The van der Waals surface area contributed by atoms with Gasteiger partial charge >= 0.3 is 0 Å². The van der Waals surface area contributed by atoms with Crippen LogP contribution in [0.4, 0.5) is 0 Å². The summed E-state index contributed by atoms with van der Waals surface area (Å²) in [5.74, 6) is -0.133. The van der Waals surface area contributed by atoms with Gasteiger partial charge in [0.25, 0.3) is 0 Å². The third kappa shape index (κ3) is 5.25. The van der Waals surface area contributed by atoms with Gasteiger partial charge in [-0.05, 0) is 30.2 Å². The molecule has 0 aliphatic heterocycles. The summed E-state index contributed by atoms with van der Waals surface area (Å²) < 4.78 is 1.97. The smallest absolute Gasteiger partial charge is 0.244 e. The van der Waals surface area contributed by atoms with Crippen LogP contribution in [0, 0.1) is 0 Å². The molecule has 2 rings (SSSR count). The minimum Gasteiger partial charge on any atom is -0.352 e. The van der Waals surface area contributed by atoms with Gasteiger partial charge in [0.2, 0.25) is 5.91 Å². The molecule has 1 aromatic heterocycles. The number of imidazole rings is 1. The van der Waals surface area contributed by atoms with Crippen LogP contribution in [0.2, 0.25) is 10.0 Å². The number of aryl methyl sites for hydroxylation is 1. The van der Waals surface area contributed by atoms with Crippen molar-refractivity contribution in [1.82, 2.24) is 14.9 Å². The molecule has 0 spiro atoms. The van der Waals surface area contributed by atoms with Gasteiger partial charge in [0, 0.05) is 31.6 Å². The molecule has 0 atom stereocenters. The molecular weight excluding hydrogens is 309 g/mol. The maximum atomic E-state index is 11.7. The van der Waals surface area contributed by atoms with Crippen LogP contribution in [-0.4, -0.2) is 22.0 Å². The molecule has 2 aromatic rings. The molecule has 110 valence electrons. The highest BCUT2D eigenvalue weighted by atomic mass is 35.5. The molecule has 1 amide bonds. The predicted octanol–water partition coefficient (Wildman–Crippen LogP) is 3.41. The first-order valence-corrected chi connectivity index (χ1v) is 7.27. The standard InChI is InChI=1S/C15H15Cl2N3O/c16-13-4-2-12(10-14(13)17)3-5-15(21)19-6-1-8-20-9-7-18-11-20/h2-5,7,9-11H,1,6,8H2,(H,19,21)/b5-3+. The monoisotopic (exact) mass is 323 g/mol. The van der Waals surface area contributed by atoms with E-state index in [1.165, 1.54) is 6.08 Å². The van der Waals surface area contributed by atoms with Crippen LogP contribution in [0.25, 0.3) is 6.08 Å². The predicted molar refractivity (Wildman–Crippen MR) is 85.3 cm³/mol. The molecule has 0 aliphatic carbocycles. The Bertz CT molecular complexity index is 624. The zero-order valence-electron chi connectivity index (χ0n) is 11.3. The maximum Gasteiger partial charge on any atom is 0.244 e. The zero-order chi connectivity index (χ0) is 15.1. The quantitative estimate of drug-likeness (QED) is 0.654. The lowest BCUT2D eigenvalue weighted by Crippen LogP contribution is -2.22. The molecule has 4 nitrogen and oxygen atoms in total. The van der Waals surface area contributed by atoms with Gasteiger partial charge in [0.1, 0.15) is 0 Å². The van der Waals surface area contributed by atoms with Gasteiger partial charge in [-0.15, -0.1) is 0 Å². The summed E-state index contributed by atoms with van der Waals surface area (Å²) in [5, 5.41) is 3.79. The van der Waals surface area contributed by atoms with E-state index < -0.39 is 0 Å². The van der Waals surface area contributed by atoms with E-state index >= 15 is 0 Å². The van der Waals surface area contributed by atoms with Crippen LogP contribution in [0.1, 0.15) is 12.0 Å². The second kappa shape index (κ2) is 7.86. The fourth-order valence-corrected chi connectivity index (χ4v) is 2.05. The van der Waals surface area contributed by atoms with Crippen molar-refractivity contribution < 1.29 is 4.79 Å². The van der Waals surface area contributed by atoms with Gasteiger partial charge in [-0.25, -0.2) is 4.98 Å². The molecule has 1 aromatic carbocycles. The van der Waals surface area contributed by atoms with Gasteiger partial charge in [0.15, 0.2) is 0 Å². The van der Waals surface area contributed by atoms with Gasteiger partial charge in [0.05, 0.1) is 16.4 Å². The van der Waals surface area contributed by atoms with Gasteiger partial charge in [-0.1, -0.05) is 29.3 Å². The Labute approximate surface area is 133 Å². The van der Waals surface area contributed by atoms with Gasteiger partial charge < -0.3 is 9.88 Å². The molecule has 1 N–H and O–H groups in total. The van der Waals surface area contributed by atoms with Crippen LogP contribution >= 0.6 is 23.2 Å². The molecule has 21 heavy (non-hydrogen) atoms. The number of amides is 1. The maximum absolute atomic E-state index is 11.7. The average molecular weight is 324 g/mol. The molecule has 0 unspecified atom stereocenters. The lowest BCUT2D eigenvalue weighted by Gasteiger charge is -2.03. The number of carbonyl (C=O) groups is 1. The van der Waals surface area contributed by atoms with Crippen molar-refractivity contribution in [3.63, 3.8) is 0 Å². The average Bonchev–Trinajstić information content (AvgIpc) is 2.98. The zero-order valence-corrected chi connectivity index (χ0v) is 12.8.